The molecule has 0 bridgehead atoms. The van der Waals surface area contributed by atoms with E-state index in [9.17, 15) is 9.59 Å². The van der Waals surface area contributed by atoms with Gasteiger partial charge < -0.3 is 14.2 Å². The van der Waals surface area contributed by atoms with Crippen LogP contribution in [-0.2, 0) is 9.59 Å². The quantitative estimate of drug-likeness (QED) is 0.660. The third kappa shape index (κ3) is 3.76. The fraction of sp³-hybridized carbons (Fsp3) is 0.333. The van der Waals surface area contributed by atoms with E-state index in [1.54, 1.807) is 56.6 Å². The lowest BCUT2D eigenvalue weighted by atomic mass is 9.76. The van der Waals surface area contributed by atoms with Crippen LogP contribution >= 0.6 is 11.6 Å². The van der Waals surface area contributed by atoms with Crippen molar-refractivity contribution >= 4 is 29.0 Å². The number of nitrogens with zero attached hydrogens (tertiary/aromatic N) is 1. The molecule has 2 aromatic carbocycles. The average molecular weight is 442 g/mol. The lowest BCUT2D eigenvalue weighted by Crippen LogP contribution is -2.40. The summed E-state index contributed by atoms with van der Waals surface area (Å²) in [4.78, 5) is 28.1. The number of rotatable bonds is 5. The van der Waals surface area contributed by atoms with E-state index in [-0.39, 0.29) is 18.1 Å². The van der Waals surface area contributed by atoms with Gasteiger partial charge in [-0.15, -0.1) is 0 Å². The number of methoxy groups -OCH3 is 3. The predicted molar refractivity (Wildman–Crippen MR) is 118 cm³/mol. The van der Waals surface area contributed by atoms with Crippen molar-refractivity contribution in [2.75, 3.05) is 26.2 Å². The van der Waals surface area contributed by atoms with Gasteiger partial charge in [-0.3, -0.25) is 14.5 Å². The molecule has 1 heterocycles. The highest BCUT2D eigenvalue weighted by atomic mass is 35.5. The Bertz CT molecular complexity index is 1080. The summed E-state index contributed by atoms with van der Waals surface area (Å²) in [5.41, 5.74) is 2.83. The molecule has 2 aromatic rings. The molecule has 0 spiro atoms. The summed E-state index contributed by atoms with van der Waals surface area (Å²) >= 11 is 6.18. The molecule has 2 aliphatic rings. The Morgan fingerprint density at radius 1 is 0.935 bits per heavy atom. The lowest BCUT2D eigenvalue weighted by molar-refractivity contribution is -0.119. The molecular formula is C24H24ClNO5. The van der Waals surface area contributed by atoms with Gasteiger partial charge in [-0.1, -0.05) is 17.7 Å². The highest BCUT2D eigenvalue weighted by Gasteiger charge is 2.41. The van der Waals surface area contributed by atoms with Crippen LogP contribution in [0.3, 0.4) is 0 Å². The van der Waals surface area contributed by atoms with Gasteiger partial charge in [-0.2, -0.15) is 0 Å². The monoisotopic (exact) mass is 441 g/mol. The van der Waals surface area contributed by atoms with E-state index < -0.39 is 5.92 Å². The molecule has 4 rings (SSSR count). The number of anilines is 1. The maximum Gasteiger partial charge on any atom is 0.232 e. The predicted octanol–water partition coefficient (Wildman–Crippen LogP) is 4.89. The minimum atomic E-state index is -0.416. The van der Waals surface area contributed by atoms with E-state index in [1.807, 2.05) is 6.07 Å². The van der Waals surface area contributed by atoms with E-state index in [4.69, 9.17) is 25.8 Å². The molecule has 31 heavy (non-hydrogen) atoms. The highest BCUT2D eigenvalue weighted by molar-refractivity contribution is 6.31. The molecule has 162 valence electrons. The van der Waals surface area contributed by atoms with E-state index in [0.29, 0.717) is 52.8 Å². The Hall–Kier alpha value is -2.99. The van der Waals surface area contributed by atoms with Crippen LogP contribution in [-0.4, -0.2) is 33.0 Å². The lowest BCUT2D eigenvalue weighted by Gasteiger charge is -2.38. The second kappa shape index (κ2) is 8.63. The minimum Gasteiger partial charge on any atom is -0.496 e. The van der Waals surface area contributed by atoms with Gasteiger partial charge in [0.15, 0.2) is 17.3 Å². The van der Waals surface area contributed by atoms with Crippen molar-refractivity contribution in [2.24, 2.45) is 0 Å². The van der Waals surface area contributed by atoms with Crippen molar-refractivity contribution in [1.82, 2.24) is 0 Å². The first kappa shape index (κ1) is 21.2. The molecule has 7 heteroatoms. The number of carbonyl (C=O) groups excluding carboxylic acids is 2. The first-order valence-electron chi connectivity index (χ1n) is 10.1. The number of ether oxygens (including phenoxy) is 3. The summed E-state index contributed by atoms with van der Waals surface area (Å²) in [7, 11) is 4.67. The van der Waals surface area contributed by atoms with Crippen molar-refractivity contribution in [1.29, 1.82) is 0 Å². The first-order valence-corrected chi connectivity index (χ1v) is 10.5. The van der Waals surface area contributed by atoms with Crippen molar-refractivity contribution in [2.45, 2.75) is 31.6 Å². The third-order valence-electron chi connectivity index (χ3n) is 5.85. The van der Waals surface area contributed by atoms with Crippen molar-refractivity contribution in [3.63, 3.8) is 0 Å². The maximum atomic E-state index is 13.4. The fourth-order valence-electron chi connectivity index (χ4n) is 4.50. The number of carbonyl (C=O) groups is 2. The third-order valence-corrected chi connectivity index (χ3v) is 6.09. The summed E-state index contributed by atoms with van der Waals surface area (Å²) in [5, 5.41) is 0.540. The minimum absolute atomic E-state index is 0.0580. The van der Waals surface area contributed by atoms with Crippen LogP contribution in [0.15, 0.2) is 47.7 Å². The van der Waals surface area contributed by atoms with E-state index in [1.165, 1.54) is 0 Å². The number of Topliss-reactive ketones (excluding diaryl/α,β-unsaturated/α-hetero) is 1. The Morgan fingerprint density at radius 2 is 1.65 bits per heavy atom. The number of hydrogen-bond acceptors (Lipinski definition) is 5. The first-order chi connectivity index (χ1) is 15.0. The molecule has 1 aliphatic carbocycles. The Morgan fingerprint density at radius 3 is 2.32 bits per heavy atom. The number of hydrogen-bond donors (Lipinski definition) is 0. The van der Waals surface area contributed by atoms with Gasteiger partial charge in [-0.25, -0.2) is 0 Å². The highest BCUT2D eigenvalue weighted by Crippen LogP contribution is 2.48. The summed E-state index contributed by atoms with van der Waals surface area (Å²) in [6, 6.07) is 10.7. The number of ketones is 1. The van der Waals surface area contributed by atoms with Gasteiger partial charge in [0.05, 0.1) is 27.0 Å². The van der Waals surface area contributed by atoms with Crippen LogP contribution in [0, 0.1) is 0 Å². The van der Waals surface area contributed by atoms with Crippen molar-refractivity contribution < 1.29 is 23.8 Å². The molecule has 0 saturated heterocycles. The smallest absolute Gasteiger partial charge is 0.232 e. The molecule has 0 N–H and O–H groups in total. The standard InChI is InChI=1S/C24H24ClNO5/c1-29-20-13-22(31-3)21(30-2)11-16(20)17-12-23(28)26(15-7-4-6-14(25)10-15)18-8-5-9-19(27)24(17)18/h4,6-7,10-11,13,17H,5,8-9,12H2,1-3H3/t17-/m1/s1. The van der Waals surface area contributed by atoms with Crippen molar-refractivity contribution in [3.8, 4) is 17.2 Å². The zero-order chi connectivity index (χ0) is 22.1. The van der Waals surface area contributed by atoms with Gasteiger partial charge >= 0.3 is 0 Å². The van der Waals surface area contributed by atoms with E-state index in [0.717, 1.165) is 11.3 Å². The van der Waals surface area contributed by atoms with Crippen LogP contribution in [0.4, 0.5) is 5.69 Å². The van der Waals surface area contributed by atoms with Gasteiger partial charge in [0.1, 0.15) is 5.75 Å². The van der Waals surface area contributed by atoms with E-state index >= 15 is 0 Å². The SMILES string of the molecule is COc1cc(OC)c([C@H]2CC(=O)N(c3cccc(Cl)c3)C3=C2C(=O)CCC3)cc1OC. The molecular weight excluding hydrogens is 418 g/mol. The van der Waals surface area contributed by atoms with Crippen LogP contribution in [0.5, 0.6) is 17.2 Å². The molecule has 6 nitrogen and oxygen atoms in total. The summed E-state index contributed by atoms with van der Waals surface area (Å²) in [6.07, 6.45) is 1.95. The fourth-order valence-corrected chi connectivity index (χ4v) is 4.68. The Kier molecular flexibility index (Phi) is 5.92. The second-order valence-corrected chi connectivity index (χ2v) is 7.99. The molecule has 1 amide bonds. The topological polar surface area (TPSA) is 65.1 Å². The molecule has 0 unspecified atom stereocenters. The zero-order valence-corrected chi connectivity index (χ0v) is 18.5. The molecule has 1 aliphatic heterocycles. The Balaban J connectivity index is 1.90. The molecule has 0 fully saturated rings. The molecule has 0 radical (unpaired) electrons. The van der Waals surface area contributed by atoms with Gasteiger partial charge in [-0.05, 0) is 37.1 Å². The van der Waals surface area contributed by atoms with Crippen molar-refractivity contribution in [3.05, 3.63) is 58.3 Å². The number of allylic oxidation sites excluding steroid dienone is 2. The summed E-state index contributed by atoms with van der Waals surface area (Å²) < 4.78 is 16.5. The van der Waals surface area contributed by atoms with Crippen LogP contribution < -0.4 is 19.1 Å². The maximum absolute atomic E-state index is 13.4. The summed E-state index contributed by atoms with van der Waals surface area (Å²) in [6.45, 7) is 0. The zero-order valence-electron chi connectivity index (χ0n) is 17.7. The van der Waals surface area contributed by atoms with E-state index in [2.05, 4.69) is 0 Å². The normalized spacial score (nSPS) is 18.7. The summed E-state index contributed by atoms with van der Waals surface area (Å²) in [5.74, 6) is 1.15. The molecule has 1 atom stereocenters. The second-order valence-electron chi connectivity index (χ2n) is 7.55. The number of amides is 1. The van der Waals surface area contributed by atoms with Crippen LogP contribution in [0.2, 0.25) is 5.02 Å². The number of halogens is 1. The largest absolute Gasteiger partial charge is 0.496 e. The van der Waals surface area contributed by atoms with Crippen LogP contribution in [0.1, 0.15) is 37.2 Å². The molecule has 0 saturated carbocycles. The number of benzene rings is 2. The Labute approximate surface area is 186 Å². The van der Waals surface area contributed by atoms with Crippen LogP contribution in [0.25, 0.3) is 0 Å². The van der Waals surface area contributed by atoms with Gasteiger partial charge in [0.2, 0.25) is 5.91 Å². The molecule has 0 aromatic heterocycles. The van der Waals surface area contributed by atoms with Gasteiger partial charge in [0.25, 0.3) is 0 Å². The average Bonchev–Trinajstić information content (AvgIpc) is 2.77. The van der Waals surface area contributed by atoms with Gasteiger partial charge in [0, 0.05) is 46.7 Å².